The van der Waals surface area contributed by atoms with Crippen LogP contribution in [0.15, 0.2) is 18.2 Å². The molecule has 0 aliphatic rings. The normalized spacial score (nSPS) is 11.7. The van der Waals surface area contributed by atoms with Gasteiger partial charge in [0.25, 0.3) is 0 Å². The van der Waals surface area contributed by atoms with E-state index in [4.69, 9.17) is 22.4 Å². The Morgan fingerprint density at radius 2 is 2.20 bits per heavy atom. The van der Waals surface area contributed by atoms with Crippen molar-refractivity contribution in [1.29, 1.82) is 0 Å². The smallest absolute Gasteiger partial charge is 0.320 e. The van der Waals surface area contributed by atoms with E-state index in [9.17, 15) is 4.79 Å². The van der Waals surface area contributed by atoms with Crippen LogP contribution in [-0.2, 0) is 11.2 Å². The van der Waals surface area contributed by atoms with E-state index in [1.54, 1.807) is 12.1 Å². The molecule has 0 radical (unpaired) electrons. The van der Waals surface area contributed by atoms with Gasteiger partial charge in [-0.2, -0.15) is 0 Å². The van der Waals surface area contributed by atoms with Crippen molar-refractivity contribution in [2.75, 3.05) is 0 Å². The Kier molecular flexibility index (Phi) is 5.65. The van der Waals surface area contributed by atoms with Crippen molar-refractivity contribution in [3.63, 3.8) is 0 Å². The number of aliphatic carboxylic acids is 1. The van der Waals surface area contributed by atoms with Gasteiger partial charge in [-0.25, -0.2) is 0 Å². The fraction of sp³-hybridized carbons (Fsp3) is 0.300. The minimum absolute atomic E-state index is 0. The first-order valence-corrected chi connectivity index (χ1v) is 4.62. The Morgan fingerprint density at radius 1 is 1.60 bits per heavy atom. The van der Waals surface area contributed by atoms with E-state index >= 15 is 0 Å². The molecule has 1 atom stereocenters. The van der Waals surface area contributed by atoms with Crippen molar-refractivity contribution in [3.05, 3.63) is 34.3 Å². The molecule has 15 heavy (non-hydrogen) atoms. The monoisotopic (exact) mass is 249 g/mol. The highest BCUT2D eigenvalue weighted by Crippen LogP contribution is 2.18. The van der Waals surface area contributed by atoms with Crippen LogP contribution >= 0.6 is 24.0 Å². The number of benzene rings is 1. The molecule has 0 aliphatic carbocycles. The number of aryl methyl sites for hydroxylation is 1. The number of rotatable bonds is 3. The predicted octanol–water partition coefficient (Wildman–Crippen LogP) is 2.02. The maximum absolute atomic E-state index is 10.5. The third kappa shape index (κ3) is 4.08. The SMILES string of the molecule is Cc1ccc(C[C@H](N)C(=O)O)c(Cl)c1.Cl. The molecule has 0 aromatic heterocycles. The Morgan fingerprint density at radius 3 is 2.67 bits per heavy atom. The van der Waals surface area contributed by atoms with E-state index in [0.717, 1.165) is 11.1 Å². The van der Waals surface area contributed by atoms with Crippen LogP contribution in [0.2, 0.25) is 5.02 Å². The highest BCUT2D eigenvalue weighted by Gasteiger charge is 2.13. The average Bonchev–Trinajstić information content (AvgIpc) is 2.09. The summed E-state index contributed by atoms with van der Waals surface area (Å²) in [5.41, 5.74) is 7.21. The average molecular weight is 250 g/mol. The molecule has 1 aromatic carbocycles. The van der Waals surface area contributed by atoms with Crippen molar-refractivity contribution in [3.8, 4) is 0 Å². The van der Waals surface area contributed by atoms with Crippen LogP contribution in [0, 0.1) is 6.92 Å². The lowest BCUT2D eigenvalue weighted by atomic mass is 10.1. The fourth-order valence-corrected chi connectivity index (χ4v) is 1.45. The summed E-state index contributed by atoms with van der Waals surface area (Å²) in [7, 11) is 0. The molecule has 0 fully saturated rings. The van der Waals surface area contributed by atoms with Gasteiger partial charge in [0.15, 0.2) is 0 Å². The molecule has 0 amide bonds. The molecular formula is C10H13Cl2NO2. The molecule has 3 N–H and O–H groups in total. The van der Waals surface area contributed by atoms with Gasteiger partial charge in [-0.1, -0.05) is 23.7 Å². The molecule has 1 rings (SSSR count). The summed E-state index contributed by atoms with van der Waals surface area (Å²) in [4.78, 5) is 10.5. The molecule has 1 aromatic rings. The Bertz CT molecular complexity index is 355. The molecule has 84 valence electrons. The minimum atomic E-state index is -1.01. The zero-order chi connectivity index (χ0) is 10.7. The number of halogens is 2. The van der Waals surface area contributed by atoms with Gasteiger partial charge in [0, 0.05) is 5.02 Å². The van der Waals surface area contributed by atoms with Crippen molar-refractivity contribution in [2.24, 2.45) is 5.73 Å². The molecule has 0 saturated heterocycles. The Hall–Kier alpha value is -0.770. The first kappa shape index (κ1) is 14.2. The molecule has 5 heteroatoms. The quantitative estimate of drug-likeness (QED) is 0.862. The second-order valence-electron chi connectivity index (χ2n) is 3.24. The largest absolute Gasteiger partial charge is 0.480 e. The summed E-state index contributed by atoms with van der Waals surface area (Å²) in [6.45, 7) is 1.92. The summed E-state index contributed by atoms with van der Waals surface area (Å²) in [5, 5.41) is 9.19. The van der Waals surface area contributed by atoms with Crippen LogP contribution < -0.4 is 5.73 Å². The lowest BCUT2D eigenvalue weighted by Gasteiger charge is -2.08. The van der Waals surface area contributed by atoms with E-state index < -0.39 is 12.0 Å². The topological polar surface area (TPSA) is 63.3 Å². The number of carbonyl (C=O) groups is 1. The van der Waals surface area contributed by atoms with Crippen LogP contribution in [-0.4, -0.2) is 17.1 Å². The van der Waals surface area contributed by atoms with Crippen LogP contribution in [0.1, 0.15) is 11.1 Å². The maximum atomic E-state index is 10.5. The summed E-state index contributed by atoms with van der Waals surface area (Å²) in [6, 6.07) is 4.59. The van der Waals surface area contributed by atoms with E-state index in [0.29, 0.717) is 5.02 Å². The fourth-order valence-electron chi connectivity index (χ4n) is 1.14. The van der Waals surface area contributed by atoms with Gasteiger partial charge in [0.1, 0.15) is 6.04 Å². The summed E-state index contributed by atoms with van der Waals surface area (Å²) < 4.78 is 0. The summed E-state index contributed by atoms with van der Waals surface area (Å²) in [6.07, 6.45) is 0.258. The molecule has 0 aliphatic heterocycles. The highest BCUT2D eigenvalue weighted by atomic mass is 35.5. The number of hydrogen-bond donors (Lipinski definition) is 2. The first-order chi connectivity index (χ1) is 6.50. The van der Waals surface area contributed by atoms with Crippen molar-refractivity contribution >= 4 is 30.0 Å². The molecular weight excluding hydrogens is 237 g/mol. The van der Waals surface area contributed by atoms with E-state index in [1.165, 1.54) is 0 Å². The van der Waals surface area contributed by atoms with Gasteiger partial charge < -0.3 is 10.8 Å². The molecule has 0 spiro atoms. The number of carboxylic acid groups (broad SMARTS) is 1. The van der Waals surface area contributed by atoms with Crippen LogP contribution in [0.5, 0.6) is 0 Å². The molecule has 0 bridgehead atoms. The predicted molar refractivity (Wildman–Crippen MR) is 62.8 cm³/mol. The van der Waals surface area contributed by atoms with Crippen molar-refractivity contribution < 1.29 is 9.90 Å². The number of carboxylic acids is 1. The Labute approximate surface area is 99.6 Å². The maximum Gasteiger partial charge on any atom is 0.320 e. The van der Waals surface area contributed by atoms with E-state index in [-0.39, 0.29) is 18.8 Å². The van der Waals surface area contributed by atoms with E-state index in [1.807, 2.05) is 13.0 Å². The second kappa shape index (κ2) is 5.95. The van der Waals surface area contributed by atoms with Gasteiger partial charge in [-0.05, 0) is 30.5 Å². The molecule has 0 unspecified atom stereocenters. The molecule has 3 nitrogen and oxygen atoms in total. The zero-order valence-electron chi connectivity index (χ0n) is 8.24. The molecule has 0 heterocycles. The lowest BCUT2D eigenvalue weighted by molar-refractivity contribution is -0.138. The Balaban J connectivity index is 0.00000196. The first-order valence-electron chi connectivity index (χ1n) is 4.24. The number of nitrogens with two attached hydrogens (primary N) is 1. The number of hydrogen-bond acceptors (Lipinski definition) is 2. The van der Waals surface area contributed by atoms with Crippen LogP contribution in [0.3, 0.4) is 0 Å². The van der Waals surface area contributed by atoms with Crippen LogP contribution in [0.25, 0.3) is 0 Å². The van der Waals surface area contributed by atoms with Crippen molar-refractivity contribution in [2.45, 2.75) is 19.4 Å². The lowest BCUT2D eigenvalue weighted by Crippen LogP contribution is -2.32. The molecule has 0 saturated carbocycles. The van der Waals surface area contributed by atoms with Gasteiger partial charge in [-0.3, -0.25) is 4.79 Å². The third-order valence-electron chi connectivity index (χ3n) is 1.97. The zero-order valence-corrected chi connectivity index (χ0v) is 9.81. The third-order valence-corrected chi connectivity index (χ3v) is 2.32. The summed E-state index contributed by atoms with van der Waals surface area (Å²) >= 11 is 5.93. The summed E-state index contributed by atoms with van der Waals surface area (Å²) in [5.74, 6) is -1.01. The highest BCUT2D eigenvalue weighted by molar-refractivity contribution is 6.31. The minimum Gasteiger partial charge on any atom is -0.480 e. The van der Waals surface area contributed by atoms with Crippen molar-refractivity contribution in [1.82, 2.24) is 0 Å². The van der Waals surface area contributed by atoms with Gasteiger partial charge in [-0.15, -0.1) is 12.4 Å². The van der Waals surface area contributed by atoms with Crippen LogP contribution in [0.4, 0.5) is 0 Å². The second-order valence-corrected chi connectivity index (χ2v) is 3.65. The standard InChI is InChI=1S/C10H12ClNO2.ClH/c1-6-2-3-7(8(11)4-6)5-9(12)10(13)14;/h2-4,9H,5,12H2,1H3,(H,13,14);1H/t9-;/m0./s1. The van der Waals surface area contributed by atoms with Gasteiger partial charge in [0.05, 0.1) is 0 Å². The van der Waals surface area contributed by atoms with Gasteiger partial charge in [0.2, 0.25) is 0 Å². The van der Waals surface area contributed by atoms with Gasteiger partial charge >= 0.3 is 5.97 Å². The van der Waals surface area contributed by atoms with E-state index in [2.05, 4.69) is 0 Å².